The number of guanidine groups is 1. The third-order valence-electron chi connectivity index (χ3n) is 0. The van der Waals surface area contributed by atoms with Gasteiger partial charge in [0.2, 0.25) is 0 Å². The summed E-state index contributed by atoms with van der Waals surface area (Å²) in [7, 11) is 0. The first kappa shape index (κ1) is 8.86. The molecule has 0 atom stereocenters. The molecule has 0 aromatic rings. The van der Waals surface area contributed by atoms with Crippen LogP contribution in [0.2, 0.25) is 0 Å². The van der Waals surface area contributed by atoms with Gasteiger partial charge in [-0.05, 0) is 5.96 Å². The van der Waals surface area contributed by atoms with E-state index in [1.165, 1.54) is 0 Å². The van der Waals surface area contributed by atoms with Gasteiger partial charge in [-0.1, -0.05) is 0 Å². The minimum Gasteiger partial charge on any atom is -0.454 e. The first-order chi connectivity index (χ1) is 1.73. The number of nitrogens with two attached hydrogens (primary N) is 1. The molecule has 0 saturated heterocycles. The topological polar surface area (TPSA) is 73.7 Å². The zero-order chi connectivity index (χ0) is 3.58. The van der Waals surface area contributed by atoms with Gasteiger partial charge in [0.05, 0.1) is 0 Å². The van der Waals surface area contributed by atoms with E-state index in [-0.39, 0.29) is 19.5 Å². The average Bonchev–Trinajstić information content (AvgIpc) is 0.811. The van der Waals surface area contributed by atoms with Crippen molar-refractivity contribution in [2.45, 2.75) is 0 Å². The predicted molar refractivity (Wildman–Crippen MR) is 16.2 cm³/mol. The summed E-state index contributed by atoms with van der Waals surface area (Å²) in [5.41, 5.74) is 10.3. The van der Waals surface area contributed by atoms with Gasteiger partial charge in [0.15, 0.2) is 0 Å². The summed E-state index contributed by atoms with van der Waals surface area (Å²) < 4.78 is 0. The average molecular weight is 123 g/mol. The van der Waals surface area contributed by atoms with E-state index in [4.69, 9.17) is 11.1 Å². The van der Waals surface area contributed by atoms with Crippen LogP contribution in [0.1, 0.15) is 0 Å². The third-order valence-corrected chi connectivity index (χ3v) is 0. The molecular weight excluding hydrogens is 119 g/mol. The molecule has 0 aliphatic carbocycles. The molecule has 26 valence electrons. The molecule has 0 saturated carbocycles. The van der Waals surface area contributed by atoms with Crippen LogP contribution in [-0.2, 0) is 19.5 Å². The second-order valence-electron chi connectivity index (χ2n) is 0.414. The molecule has 0 aromatic carbocycles. The van der Waals surface area contributed by atoms with Crippen molar-refractivity contribution >= 4 is 5.96 Å². The molecule has 0 amide bonds. The zero-order valence-electron chi connectivity index (χ0n) is 2.78. The van der Waals surface area contributed by atoms with E-state index >= 15 is 0 Å². The summed E-state index contributed by atoms with van der Waals surface area (Å²) >= 11 is 0. The molecule has 0 aliphatic rings. The number of rotatable bonds is 0. The Kier molecular flexibility index (Phi) is 6.90. The minimum atomic E-state index is -0.583. The Morgan fingerprint density at radius 3 is 1.80 bits per heavy atom. The molecular formula is CH4N3Zn-. The van der Waals surface area contributed by atoms with Crippen LogP contribution in [0.5, 0.6) is 0 Å². The SMILES string of the molecule is N=C([NH-])N.[Zn]. The van der Waals surface area contributed by atoms with Crippen LogP contribution in [0.25, 0.3) is 5.73 Å². The fourth-order valence-electron chi connectivity index (χ4n) is 0. The summed E-state index contributed by atoms with van der Waals surface area (Å²) in [6, 6.07) is 0. The Labute approximate surface area is 43.0 Å². The molecule has 0 unspecified atom stereocenters. The fourth-order valence-corrected chi connectivity index (χ4v) is 0. The summed E-state index contributed by atoms with van der Waals surface area (Å²) in [4.78, 5) is 0. The minimum absolute atomic E-state index is 0. The van der Waals surface area contributed by atoms with Crippen LogP contribution in [0.4, 0.5) is 0 Å². The molecule has 3 nitrogen and oxygen atoms in total. The molecule has 4 N–H and O–H groups in total. The molecule has 0 radical (unpaired) electrons. The Morgan fingerprint density at radius 1 is 1.80 bits per heavy atom. The van der Waals surface area contributed by atoms with Crippen LogP contribution in [-0.4, -0.2) is 5.96 Å². The second-order valence-corrected chi connectivity index (χ2v) is 0.414. The number of nitrogens with one attached hydrogen (secondary N) is 2. The van der Waals surface area contributed by atoms with E-state index in [1.54, 1.807) is 0 Å². The van der Waals surface area contributed by atoms with Gasteiger partial charge in [0.25, 0.3) is 0 Å². The van der Waals surface area contributed by atoms with Crippen LogP contribution in [0.15, 0.2) is 0 Å². The Bertz CT molecular complexity index is 29.9. The van der Waals surface area contributed by atoms with Gasteiger partial charge in [-0.25, -0.2) is 0 Å². The van der Waals surface area contributed by atoms with Crippen molar-refractivity contribution in [3.8, 4) is 0 Å². The van der Waals surface area contributed by atoms with Gasteiger partial charge in [-0.3, -0.25) is 0 Å². The van der Waals surface area contributed by atoms with Crippen molar-refractivity contribution in [1.82, 2.24) is 0 Å². The van der Waals surface area contributed by atoms with E-state index in [0.717, 1.165) is 0 Å². The van der Waals surface area contributed by atoms with E-state index < -0.39 is 5.96 Å². The van der Waals surface area contributed by atoms with Gasteiger partial charge >= 0.3 is 0 Å². The molecule has 5 heavy (non-hydrogen) atoms. The quantitative estimate of drug-likeness (QED) is 0.264. The Morgan fingerprint density at radius 2 is 1.80 bits per heavy atom. The Balaban J connectivity index is 0. The molecule has 0 fully saturated rings. The summed E-state index contributed by atoms with van der Waals surface area (Å²) in [6.07, 6.45) is 0. The standard InChI is InChI=1S/CH4N3.Zn/c2-1(3)4;/h(H4-,2,3,4);/q-1;. The van der Waals surface area contributed by atoms with Gasteiger partial charge in [0.1, 0.15) is 0 Å². The third kappa shape index (κ3) is 1230. The van der Waals surface area contributed by atoms with Crippen molar-refractivity contribution in [3.63, 3.8) is 0 Å². The van der Waals surface area contributed by atoms with E-state index in [2.05, 4.69) is 5.73 Å². The van der Waals surface area contributed by atoms with Gasteiger partial charge in [-0.15, -0.1) is 0 Å². The smallest absolute Gasteiger partial charge is 0 e. The number of hydrogen-bond donors (Lipinski definition) is 2. The van der Waals surface area contributed by atoms with Crippen LogP contribution < -0.4 is 5.73 Å². The maximum atomic E-state index is 5.94. The van der Waals surface area contributed by atoms with Crippen molar-refractivity contribution < 1.29 is 19.5 Å². The summed E-state index contributed by atoms with van der Waals surface area (Å²) in [5.74, 6) is -0.583. The maximum absolute atomic E-state index is 5.94. The Hall–Kier alpha value is -0.107. The van der Waals surface area contributed by atoms with Crippen molar-refractivity contribution in [3.05, 3.63) is 5.73 Å². The summed E-state index contributed by atoms with van der Waals surface area (Å²) in [6.45, 7) is 0. The van der Waals surface area contributed by atoms with Crippen molar-refractivity contribution in [2.24, 2.45) is 5.73 Å². The molecule has 0 bridgehead atoms. The first-order valence-electron chi connectivity index (χ1n) is 0.789. The molecule has 0 aromatic heterocycles. The second kappa shape index (κ2) is 3.89. The molecule has 0 spiro atoms. The largest absolute Gasteiger partial charge is 0.454 e. The maximum Gasteiger partial charge on any atom is 0 e. The normalized spacial score (nSPS) is 4.80. The predicted octanol–water partition coefficient (Wildman–Crippen LogP) is -0.0704. The van der Waals surface area contributed by atoms with Crippen molar-refractivity contribution in [2.75, 3.05) is 0 Å². The molecule has 0 rings (SSSR count). The first-order valence-corrected chi connectivity index (χ1v) is 0.789. The zero-order valence-corrected chi connectivity index (χ0v) is 5.75. The molecule has 4 heteroatoms. The van der Waals surface area contributed by atoms with Crippen LogP contribution in [0.3, 0.4) is 0 Å². The monoisotopic (exact) mass is 122 g/mol. The molecule has 0 heterocycles. The van der Waals surface area contributed by atoms with Crippen LogP contribution in [0, 0.1) is 5.41 Å². The van der Waals surface area contributed by atoms with Gasteiger partial charge in [0, 0.05) is 19.5 Å². The number of hydrogen-bond acceptors (Lipinski definition) is 1. The van der Waals surface area contributed by atoms with Gasteiger partial charge in [-0.2, -0.15) is 0 Å². The van der Waals surface area contributed by atoms with Crippen LogP contribution >= 0.6 is 0 Å². The molecule has 0 aliphatic heterocycles. The summed E-state index contributed by atoms with van der Waals surface area (Å²) in [5, 5.41) is 5.94. The van der Waals surface area contributed by atoms with E-state index in [9.17, 15) is 0 Å². The van der Waals surface area contributed by atoms with Crippen molar-refractivity contribution in [1.29, 1.82) is 5.41 Å². The van der Waals surface area contributed by atoms with E-state index in [0.29, 0.717) is 0 Å². The fraction of sp³-hybridized carbons (Fsp3) is 0. The van der Waals surface area contributed by atoms with E-state index in [1.807, 2.05) is 0 Å². The van der Waals surface area contributed by atoms with Gasteiger partial charge < -0.3 is 16.9 Å².